The summed E-state index contributed by atoms with van der Waals surface area (Å²) in [6, 6.07) is 7.62. The average molecular weight is 236 g/mol. The molecule has 0 saturated carbocycles. The quantitative estimate of drug-likeness (QED) is 0.745. The van der Waals surface area contributed by atoms with E-state index in [1.165, 1.54) is 0 Å². The van der Waals surface area contributed by atoms with Gasteiger partial charge >= 0.3 is 0 Å². The second-order valence-corrected chi connectivity index (χ2v) is 4.13. The molecule has 0 bridgehead atoms. The van der Waals surface area contributed by atoms with Crippen LogP contribution in [0.1, 0.15) is 5.56 Å². The number of hydrogen-bond donors (Lipinski definition) is 2. The van der Waals surface area contributed by atoms with Crippen LogP contribution >= 0.6 is 12.2 Å². The number of hydrogen-bond acceptors (Lipinski definition) is 3. The van der Waals surface area contributed by atoms with Gasteiger partial charge in [-0.15, -0.1) is 0 Å². The Kier molecular flexibility index (Phi) is 3.05. The normalized spacial score (nSPS) is 17.4. The van der Waals surface area contributed by atoms with Crippen molar-refractivity contribution < 1.29 is 9.53 Å². The molecule has 0 aromatic heterocycles. The molecule has 0 radical (unpaired) electrons. The maximum Gasteiger partial charge on any atom is 0.261 e. The molecule has 0 fully saturated rings. The van der Waals surface area contributed by atoms with Gasteiger partial charge in [-0.3, -0.25) is 4.79 Å². The molecule has 1 unspecified atom stereocenters. The molecule has 1 aliphatic heterocycles. The summed E-state index contributed by atoms with van der Waals surface area (Å²) in [5.74, 6) is 0.599. The third kappa shape index (κ3) is 2.30. The Bertz CT molecular complexity index is 409. The Hall–Kier alpha value is -1.62. The van der Waals surface area contributed by atoms with Crippen LogP contribution in [0, 0.1) is 0 Å². The fraction of sp³-hybridized carbons (Fsp3) is 0.273. The maximum absolute atomic E-state index is 11.7. The van der Waals surface area contributed by atoms with E-state index in [2.05, 4.69) is 17.5 Å². The number of benzene rings is 1. The van der Waals surface area contributed by atoms with Crippen LogP contribution in [-0.4, -0.2) is 23.5 Å². The van der Waals surface area contributed by atoms with E-state index in [9.17, 15) is 4.79 Å². The molecule has 1 atom stereocenters. The highest BCUT2D eigenvalue weighted by Crippen LogP contribution is 2.27. The summed E-state index contributed by atoms with van der Waals surface area (Å²) in [7, 11) is 0. The lowest BCUT2D eigenvalue weighted by Crippen LogP contribution is -2.41. The number of nitrogens with two attached hydrogens (primary N) is 1. The highest BCUT2D eigenvalue weighted by Gasteiger charge is 2.28. The Balaban J connectivity index is 1.96. The van der Waals surface area contributed by atoms with Gasteiger partial charge in [-0.1, -0.05) is 30.4 Å². The number of nitrogens with one attached hydrogen (secondary N) is 1. The van der Waals surface area contributed by atoms with Gasteiger partial charge in [0.25, 0.3) is 5.91 Å². The molecule has 16 heavy (non-hydrogen) atoms. The zero-order valence-electron chi connectivity index (χ0n) is 8.60. The Morgan fingerprint density at radius 1 is 1.56 bits per heavy atom. The summed E-state index contributed by atoms with van der Waals surface area (Å²) in [5.41, 5.74) is 6.35. The van der Waals surface area contributed by atoms with Crippen molar-refractivity contribution in [2.75, 3.05) is 6.54 Å². The first-order chi connectivity index (χ1) is 7.66. The molecule has 1 aliphatic rings. The van der Waals surface area contributed by atoms with Crippen LogP contribution in [-0.2, 0) is 11.2 Å². The van der Waals surface area contributed by atoms with E-state index >= 15 is 0 Å². The van der Waals surface area contributed by atoms with Gasteiger partial charge in [-0.25, -0.2) is 0 Å². The highest BCUT2D eigenvalue weighted by atomic mass is 32.1. The number of rotatable bonds is 3. The number of ether oxygens (including phenoxy) is 1. The first-order valence-corrected chi connectivity index (χ1v) is 5.38. The zero-order chi connectivity index (χ0) is 11.5. The second-order valence-electron chi connectivity index (χ2n) is 3.60. The van der Waals surface area contributed by atoms with Crippen LogP contribution in [0.3, 0.4) is 0 Å². The van der Waals surface area contributed by atoms with Gasteiger partial charge in [-0.2, -0.15) is 0 Å². The van der Waals surface area contributed by atoms with Crippen molar-refractivity contribution in [2.45, 2.75) is 12.5 Å². The van der Waals surface area contributed by atoms with E-state index in [4.69, 9.17) is 10.5 Å². The standard InChI is InChI=1S/C11H12N2O2S/c12-10(16)6-13-11(14)9-5-7-3-1-2-4-8(7)15-9/h1-4,9H,5-6H2,(H2,12,16)(H,13,14). The molecule has 1 aromatic carbocycles. The van der Waals surface area contributed by atoms with Gasteiger partial charge in [0, 0.05) is 6.42 Å². The molecule has 4 nitrogen and oxygen atoms in total. The molecule has 1 heterocycles. The molecule has 1 amide bonds. The lowest BCUT2D eigenvalue weighted by Gasteiger charge is -2.10. The van der Waals surface area contributed by atoms with Crippen LogP contribution in [0.15, 0.2) is 24.3 Å². The molecule has 0 aliphatic carbocycles. The molecule has 0 saturated heterocycles. The average Bonchev–Trinajstić information content (AvgIpc) is 2.69. The molecule has 3 N–H and O–H groups in total. The summed E-state index contributed by atoms with van der Waals surface area (Å²) in [6.45, 7) is 0.213. The maximum atomic E-state index is 11.7. The van der Waals surface area contributed by atoms with Gasteiger partial charge in [0.15, 0.2) is 6.10 Å². The molecule has 0 spiro atoms. The van der Waals surface area contributed by atoms with Crippen molar-refractivity contribution in [3.63, 3.8) is 0 Å². The van der Waals surface area contributed by atoms with Crippen LogP contribution in [0.5, 0.6) is 5.75 Å². The van der Waals surface area contributed by atoms with Crippen molar-refractivity contribution in [1.82, 2.24) is 5.32 Å². The minimum Gasteiger partial charge on any atom is -0.480 e. The lowest BCUT2D eigenvalue weighted by molar-refractivity contribution is -0.126. The molecular weight excluding hydrogens is 224 g/mol. The monoisotopic (exact) mass is 236 g/mol. The molecule has 2 rings (SSSR count). The number of thiocarbonyl (C=S) groups is 1. The van der Waals surface area contributed by atoms with E-state index in [1.54, 1.807) is 0 Å². The second kappa shape index (κ2) is 4.49. The Morgan fingerprint density at radius 3 is 3.00 bits per heavy atom. The number of carbonyl (C=O) groups is 1. The third-order valence-electron chi connectivity index (χ3n) is 2.38. The summed E-state index contributed by atoms with van der Waals surface area (Å²) in [6.07, 6.45) is 0.131. The van der Waals surface area contributed by atoms with Crippen molar-refractivity contribution in [3.8, 4) is 5.75 Å². The topological polar surface area (TPSA) is 64.3 Å². The van der Waals surface area contributed by atoms with Crippen molar-refractivity contribution in [2.24, 2.45) is 5.73 Å². The van der Waals surface area contributed by atoms with E-state index < -0.39 is 6.10 Å². The lowest BCUT2D eigenvalue weighted by atomic mass is 10.1. The number of para-hydroxylation sites is 1. The SMILES string of the molecule is NC(=S)CNC(=O)C1Cc2ccccc2O1. The first kappa shape index (κ1) is 10.9. The van der Waals surface area contributed by atoms with Crippen LogP contribution in [0.25, 0.3) is 0 Å². The predicted octanol–water partition coefficient (Wildman–Crippen LogP) is 0.392. The van der Waals surface area contributed by atoms with Gasteiger partial charge < -0.3 is 15.8 Å². The zero-order valence-corrected chi connectivity index (χ0v) is 9.42. The minimum atomic E-state index is -0.466. The smallest absolute Gasteiger partial charge is 0.261 e. The molecule has 1 aromatic rings. The van der Waals surface area contributed by atoms with Crippen molar-refractivity contribution in [1.29, 1.82) is 0 Å². The summed E-state index contributed by atoms with van der Waals surface area (Å²) in [4.78, 5) is 11.9. The number of carbonyl (C=O) groups excluding carboxylic acids is 1. The van der Waals surface area contributed by atoms with Crippen LogP contribution in [0.4, 0.5) is 0 Å². The first-order valence-electron chi connectivity index (χ1n) is 4.97. The Morgan fingerprint density at radius 2 is 2.31 bits per heavy atom. The van der Waals surface area contributed by atoms with Crippen LogP contribution < -0.4 is 15.8 Å². The highest BCUT2D eigenvalue weighted by molar-refractivity contribution is 7.80. The van der Waals surface area contributed by atoms with Gasteiger partial charge in [0.2, 0.25) is 0 Å². The number of fused-ring (bicyclic) bond motifs is 1. The fourth-order valence-corrected chi connectivity index (χ4v) is 1.69. The predicted molar refractivity (Wildman–Crippen MR) is 64.4 cm³/mol. The third-order valence-corrected chi connectivity index (χ3v) is 2.52. The fourth-order valence-electron chi connectivity index (χ4n) is 1.62. The van der Waals surface area contributed by atoms with Gasteiger partial charge in [0.1, 0.15) is 5.75 Å². The summed E-state index contributed by atoms with van der Waals surface area (Å²) < 4.78 is 5.50. The van der Waals surface area contributed by atoms with Crippen LogP contribution in [0.2, 0.25) is 0 Å². The van der Waals surface area contributed by atoms with Gasteiger partial charge in [-0.05, 0) is 11.6 Å². The summed E-state index contributed by atoms with van der Waals surface area (Å²) in [5, 5.41) is 2.63. The molecule has 84 valence electrons. The van der Waals surface area contributed by atoms with E-state index in [0.717, 1.165) is 11.3 Å². The van der Waals surface area contributed by atoms with E-state index in [1.807, 2.05) is 24.3 Å². The molecular formula is C11H12N2O2S. The Labute approximate surface area is 98.8 Å². The van der Waals surface area contributed by atoms with Gasteiger partial charge in [0.05, 0.1) is 11.5 Å². The van der Waals surface area contributed by atoms with Crippen molar-refractivity contribution in [3.05, 3.63) is 29.8 Å². The number of amides is 1. The summed E-state index contributed by atoms with van der Waals surface area (Å²) >= 11 is 4.68. The van der Waals surface area contributed by atoms with E-state index in [0.29, 0.717) is 6.42 Å². The minimum absolute atomic E-state index is 0.177. The van der Waals surface area contributed by atoms with Crippen molar-refractivity contribution >= 4 is 23.1 Å². The largest absolute Gasteiger partial charge is 0.480 e. The van der Waals surface area contributed by atoms with E-state index in [-0.39, 0.29) is 17.4 Å². The molecule has 5 heteroatoms.